The number of likely N-dealkylation sites (tertiary alicyclic amines) is 1. The molecule has 2 heterocycles. The molecule has 2 aromatic rings. The van der Waals surface area contributed by atoms with Crippen molar-refractivity contribution < 1.29 is 14.7 Å². The lowest BCUT2D eigenvalue weighted by molar-refractivity contribution is -0.141. The molecular formula is C14H13NO3S. The summed E-state index contributed by atoms with van der Waals surface area (Å²) in [5.41, 5.74) is 0. The summed E-state index contributed by atoms with van der Waals surface area (Å²) in [6.45, 7) is 0.854. The molecule has 1 aliphatic heterocycles. The van der Waals surface area contributed by atoms with Crippen molar-refractivity contribution >= 4 is 33.3 Å². The number of aliphatic carboxylic acids is 1. The molecule has 5 heteroatoms. The summed E-state index contributed by atoms with van der Waals surface area (Å²) >= 11 is 1.46. The van der Waals surface area contributed by atoms with E-state index < -0.39 is 11.9 Å². The molecule has 0 aliphatic carbocycles. The average molecular weight is 275 g/mol. The number of thiophene rings is 1. The summed E-state index contributed by atoms with van der Waals surface area (Å²) < 4.78 is 1.08. The Kier molecular flexibility index (Phi) is 2.98. The molecule has 1 amide bonds. The third-order valence-corrected chi connectivity index (χ3v) is 4.57. The largest absolute Gasteiger partial charge is 0.481 e. The van der Waals surface area contributed by atoms with Gasteiger partial charge in [0.2, 0.25) is 0 Å². The third kappa shape index (κ3) is 2.21. The molecule has 98 valence electrons. The maximum atomic E-state index is 12.3. The molecule has 0 bridgehead atoms. The molecule has 0 radical (unpaired) electrons. The second kappa shape index (κ2) is 4.66. The number of amides is 1. The van der Waals surface area contributed by atoms with E-state index in [-0.39, 0.29) is 5.91 Å². The molecule has 1 atom stereocenters. The molecule has 1 fully saturated rings. The molecule has 0 unspecified atom stereocenters. The van der Waals surface area contributed by atoms with Gasteiger partial charge < -0.3 is 10.0 Å². The Morgan fingerprint density at radius 2 is 2.11 bits per heavy atom. The van der Waals surface area contributed by atoms with Crippen LogP contribution in [0.4, 0.5) is 0 Å². The minimum absolute atomic E-state index is 0.0510. The fourth-order valence-electron chi connectivity index (χ4n) is 2.39. The zero-order chi connectivity index (χ0) is 13.4. The number of hydrogen-bond donors (Lipinski definition) is 1. The van der Waals surface area contributed by atoms with Crippen LogP contribution in [-0.2, 0) is 4.79 Å². The third-order valence-electron chi connectivity index (χ3n) is 3.46. The lowest BCUT2D eigenvalue weighted by Gasteiger charge is -2.14. The van der Waals surface area contributed by atoms with Crippen molar-refractivity contribution in [1.29, 1.82) is 0 Å². The van der Waals surface area contributed by atoms with Crippen LogP contribution in [0.2, 0.25) is 0 Å². The minimum Gasteiger partial charge on any atom is -0.481 e. The minimum atomic E-state index is -0.813. The maximum absolute atomic E-state index is 12.3. The van der Waals surface area contributed by atoms with Gasteiger partial charge in [-0.25, -0.2) is 0 Å². The van der Waals surface area contributed by atoms with Gasteiger partial charge in [0.15, 0.2) is 0 Å². The number of carbonyl (C=O) groups is 2. The van der Waals surface area contributed by atoms with Crippen molar-refractivity contribution in [1.82, 2.24) is 4.90 Å². The molecule has 0 saturated carbocycles. The van der Waals surface area contributed by atoms with Gasteiger partial charge in [-0.15, -0.1) is 11.3 Å². The van der Waals surface area contributed by atoms with Crippen molar-refractivity contribution in [2.24, 2.45) is 5.92 Å². The van der Waals surface area contributed by atoms with Gasteiger partial charge >= 0.3 is 5.97 Å². The maximum Gasteiger partial charge on any atom is 0.308 e. The average Bonchev–Trinajstić information content (AvgIpc) is 3.04. The van der Waals surface area contributed by atoms with Crippen LogP contribution in [0.5, 0.6) is 0 Å². The predicted octanol–water partition coefficient (Wildman–Crippen LogP) is 2.45. The fraction of sp³-hybridized carbons (Fsp3) is 0.286. The van der Waals surface area contributed by atoms with E-state index in [1.807, 2.05) is 30.3 Å². The SMILES string of the molecule is O=C(O)[C@@H]1CCN(C(=O)c2cc3ccccc3s2)C1. The highest BCUT2D eigenvalue weighted by atomic mass is 32.1. The van der Waals surface area contributed by atoms with Crippen LogP contribution in [-0.4, -0.2) is 35.0 Å². The number of benzene rings is 1. The number of hydrogen-bond acceptors (Lipinski definition) is 3. The van der Waals surface area contributed by atoms with Crippen molar-refractivity contribution in [2.75, 3.05) is 13.1 Å². The highest BCUT2D eigenvalue weighted by Crippen LogP contribution is 2.28. The normalized spacial score (nSPS) is 18.9. The Balaban J connectivity index is 1.82. The van der Waals surface area contributed by atoms with Crippen LogP contribution in [0.1, 0.15) is 16.1 Å². The number of nitrogens with zero attached hydrogens (tertiary/aromatic N) is 1. The van der Waals surface area contributed by atoms with Crippen LogP contribution in [0.15, 0.2) is 30.3 Å². The van der Waals surface area contributed by atoms with Crippen LogP contribution in [0, 0.1) is 5.92 Å². The number of rotatable bonds is 2. The monoisotopic (exact) mass is 275 g/mol. The van der Waals surface area contributed by atoms with E-state index in [1.165, 1.54) is 11.3 Å². The molecule has 3 rings (SSSR count). The van der Waals surface area contributed by atoms with Crippen molar-refractivity contribution in [3.05, 3.63) is 35.2 Å². The second-order valence-electron chi connectivity index (χ2n) is 4.72. The summed E-state index contributed by atoms with van der Waals surface area (Å²) in [5, 5.41) is 10.0. The van der Waals surface area contributed by atoms with Gasteiger partial charge in [-0.3, -0.25) is 9.59 Å². The summed E-state index contributed by atoms with van der Waals surface area (Å²) in [7, 11) is 0. The molecule has 1 aromatic heterocycles. The molecule has 1 aromatic carbocycles. The summed E-state index contributed by atoms with van der Waals surface area (Å²) in [5.74, 6) is -1.28. The van der Waals surface area contributed by atoms with Crippen LogP contribution in [0.25, 0.3) is 10.1 Å². The smallest absolute Gasteiger partial charge is 0.308 e. The zero-order valence-electron chi connectivity index (χ0n) is 10.2. The fourth-order valence-corrected chi connectivity index (χ4v) is 3.42. The van der Waals surface area contributed by atoms with Gasteiger partial charge in [0.1, 0.15) is 0 Å². The van der Waals surface area contributed by atoms with E-state index in [9.17, 15) is 9.59 Å². The van der Waals surface area contributed by atoms with E-state index in [2.05, 4.69) is 0 Å². The highest BCUT2D eigenvalue weighted by Gasteiger charge is 2.31. The van der Waals surface area contributed by atoms with E-state index in [4.69, 9.17) is 5.11 Å². The standard InChI is InChI=1S/C14H13NO3S/c16-13(15-6-5-10(8-15)14(17)18)12-7-9-3-1-2-4-11(9)19-12/h1-4,7,10H,5-6,8H2,(H,17,18)/t10-/m1/s1. The van der Waals surface area contributed by atoms with E-state index >= 15 is 0 Å². The van der Waals surface area contributed by atoms with Crippen LogP contribution < -0.4 is 0 Å². The van der Waals surface area contributed by atoms with Gasteiger partial charge in [0.25, 0.3) is 5.91 Å². The van der Waals surface area contributed by atoms with E-state index in [0.29, 0.717) is 24.4 Å². The second-order valence-corrected chi connectivity index (χ2v) is 5.81. The Morgan fingerprint density at radius 1 is 1.32 bits per heavy atom. The Labute approximate surface area is 114 Å². The molecule has 4 nitrogen and oxygen atoms in total. The molecule has 0 spiro atoms. The van der Waals surface area contributed by atoms with Crippen molar-refractivity contribution in [3.63, 3.8) is 0 Å². The highest BCUT2D eigenvalue weighted by molar-refractivity contribution is 7.20. The van der Waals surface area contributed by atoms with Gasteiger partial charge in [0, 0.05) is 17.8 Å². The number of carboxylic acids is 1. The summed E-state index contributed by atoms with van der Waals surface area (Å²) in [6, 6.07) is 9.74. The van der Waals surface area contributed by atoms with Crippen molar-refractivity contribution in [3.8, 4) is 0 Å². The molecule has 1 N–H and O–H groups in total. The number of carbonyl (C=O) groups excluding carboxylic acids is 1. The Bertz CT molecular complexity index is 616. The van der Waals surface area contributed by atoms with Gasteiger partial charge in [-0.05, 0) is 23.9 Å². The molecule has 19 heavy (non-hydrogen) atoms. The Hall–Kier alpha value is -1.88. The van der Waals surface area contributed by atoms with Gasteiger partial charge in [0.05, 0.1) is 10.8 Å². The molecule has 1 aliphatic rings. The first kappa shape index (κ1) is 12.2. The first-order valence-electron chi connectivity index (χ1n) is 6.16. The van der Waals surface area contributed by atoms with Crippen molar-refractivity contribution in [2.45, 2.75) is 6.42 Å². The first-order chi connectivity index (χ1) is 9.15. The Morgan fingerprint density at radius 3 is 2.79 bits per heavy atom. The lowest BCUT2D eigenvalue weighted by atomic mass is 10.1. The molecular weight excluding hydrogens is 262 g/mol. The first-order valence-corrected chi connectivity index (χ1v) is 6.97. The molecule has 1 saturated heterocycles. The topological polar surface area (TPSA) is 57.6 Å². The summed E-state index contributed by atoms with van der Waals surface area (Å²) in [6.07, 6.45) is 0.548. The number of fused-ring (bicyclic) bond motifs is 1. The van der Waals surface area contributed by atoms with E-state index in [0.717, 1.165) is 10.1 Å². The zero-order valence-corrected chi connectivity index (χ0v) is 11.0. The van der Waals surface area contributed by atoms with Crippen LogP contribution >= 0.6 is 11.3 Å². The summed E-state index contributed by atoms with van der Waals surface area (Å²) in [4.78, 5) is 25.6. The van der Waals surface area contributed by atoms with Gasteiger partial charge in [-0.2, -0.15) is 0 Å². The lowest BCUT2D eigenvalue weighted by Crippen LogP contribution is -2.29. The van der Waals surface area contributed by atoms with Crippen LogP contribution in [0.3, 0.4) is 0 Å². The van der Waals surface area contributed by atoms with E-state index in [1.54, 1.807) is 4.90 Å². The number of carboxylic acid groups (broad SMARTS) is 1. The quantitative estimate of drug-likeness (QED) is 0.916. The predicted molar refractivity (Wildman–Crippen MR) is 73.5 cm³/mol. The van der Waals surface area contributed by atoms with Gasteiger partial charge in [-0.1, -0.05) is 18.2 Å².